The first-order valence-electron chi connectivity index (χ1n) is 9.58. The zero-order chi connectivity index (χ0) is 20.2. The standard InChI is InChI=1S/C23H21ClFN3O/c24-22-10-9-17(15-26-22)23(29)28-13-11-27(12-14-28)16-18-5-1-2-6-19(18)20-7-3-4-8-21(20)25/h1-10,15H,11-14,16H2. The average molecular weight is 410 g/mol. The van der Waals surface area contributed by atoms with E-state index in [4.69, 9.17) is 11.6 Å². The molecule has 0 unspecified atom stereocenters. The first kappa shape index (κ1) is 19.6. The number of hydrogen-bond acceptors (Lipinski definition) is 3. The summed E-state index contributed by atoms with van der Waals surface area (Å²) in [7, 11) is 0. The zero-order valence-corrected chi connectivity index (χ0v) is 16.6. The Balaban J connectivity index is 1.42. The third kappa shape index (κ3) is 4.47. The largest absolute Gasteiger partial charge is 0.336 e. The lowest BCUT2D eigenvalue weighted by molar-refractivity contribution is 0.0628. The molecule has 4 nitrogen and oxygen atoms in total. The number of carbonyl (C=O) groups excluding carboxylic acids is 1. The third-order valence-electron chi connectivity index (χ3n) is 5.21. The van der Waals surface area contributed by atoms with Crippen molar-refractivity contribution in [1.29, 1.82) is 0 Å². The molecule has 3 aromatic rings. The molecule has 0 spiro atoms. The highest BCUT2D eigenvalue weighted by Gasteiger charge is 2.23. The number of amides is 1. The number of carbonyl (C=O) groups is 1. The van der Waals surface area contributed by atoms with E-state index < -0.39 is 0 Å². The van der Waals surface area contributed by atoms with Crippen LogP contribution < -0.4 is 0 Å². The lowest BCUT2D eigenvalue weighted by Gasteiger charge is -2.35. The van der Waals surface area contributed by atoms with Crippen molar-refractivity contribution in [3.63, 3.8) is 0 Å². The van der Waals surface area contributed by atoms with Crippen LogP contribution in [0.4, 0.5) is 4.39 Å². The fourth-order valence-corrected chi connectivity index (χ4v) is 3.75. The molecule has 1 saturated heterocycles. The smallest absolute Gasteiger partial charge is 0.255 e. The van der Waals surface area contributed by atoms with Crippen molar-refractivity contribution in [2.75, 3.05) is 26.2 Å². The first-order chi connectivity index (χ1) is 14.1. The number of hydrogen-bond donors (Lipinski definition) is 0. The van der Waals surface area contributed by atoms with Crippen LogP contribution in [0, 0.1) is 5.82 Å². The van der Waals surface area contributed by atoms with Gasteiger partial charge in [-0.2, -0.15) is 0 Å². The normalized spacial score (nSPS) is 14.8. The summed E-state index contributed by atoms with van der Waals surface area (Å²) in [6.07, 6.45) is 1.52. The molecular weight excluding hydrogens is 389 g/mol. The molecule has 2 heterocycles. The minimum atomic E-state index is -0.216. The molecule has 0 aliphatic carbocycles. The van der Waals surface area contributed by atoms with Gasteiger partial charge in [0.2, 0.25) is 0 Å². The van der Waals surface area contributed by atoms with Gasteiger partial charge in [-0.05, 0) is 29.3 Å². The van der Waals surface area contributed by atoms with Gasteiger partial charge in [0, 0.05) is 44.5 Å². The monoisotopic (exact) mass is 409 g/mol. The highest BCUT2D eigenvalue weighted by Crippen LogP contribution is 2.27. The van der Waals surface area contributed by atoms with Crippen LogP contribution in [-0.4, -0.2) is 46.9 Å². The maximum absolute atomic E-state index is 14.3. The molecular formula is C23H21ClFN3O. The van der Waals surface area contributed by atoms with E-state index in [1.807, 2.05) is 41.3 Å². The predicted molar refractivity (Wildman–Crippen MR) is 112 cm³/mol. The minimum absolute atomic E-state index is 0.0272. The molecule has 0 atom stereocenters. The van der Waals surface area contributed by atoms with Gasteiger partial charge < -0.3 is 4.90 Å². The fourth-order valence-electron chi connectivity index (χ4n) is 3.64. The Kier molecular flexibility index (Phi) is 5.88. The highest BCUT2D eigenvalue weighted by atomic mass is 35.5. The molecule has 0 radical (unpaired) electrons. The maximum Gasteiger partial charge on any atom is 0.255 e. The van der Waals surface area contributed by atoms with Gasteiger partial charge >= 0.3 is 0 Å². The van der Waals surface area contributed by atoms with Crippen molar-refractivity contribution in [1.82, 2.24) is 14.8 Å². The molecule has 0 bridgehead atoms. The molecule has 2 aromatic carbocycles. The van der Waals surface area contributed by atoms with Crippen molar-refractivity contribution in [3.8, 4) is 11.1 Å². The van der Waals surface area contributed by atoms with Crippen molar-refractivity contribution < 1.29 is 9.18 Å². The quantitative estimate of drug-likeness (QED) is 0.595. The van der Waals surface area contributed by atoms with E-state index in [-0.39, 0.29) is 11.7 Å². The Bertz CT molecular complexity index is 1000. The number of aromatic nitrogens is 1. The molecule has 1 aliphatic rings. The fraction of sp³-hybridized carbons (Fsp3) is 0.217. The van der Waals surface area contributed by atoms with Crippen LogP contribution in [0.25, 0.3) is 11.1 Å². The SMILES string of the molecule is O=C(c1ccc(Cl)nc1)N1CCN(Cc2ccccc2-c2ccccc2F)CC1. The van der Waals surface area contributed by atoms with Crippen LogP contribution in [0.15, 0.2) is 66.9 Å². The number of rotatable bonds is 4. The van der Waals surface area contributed by atoms with Crippen molar-refractivity contribution in [2.45, 2.75) is 6.54 Å². The van der Waals surface area contributed by atoms with Crippen LogP contribution in [-0.2, 0) is 6.54 Å². The Hall–Kier alpha value is -2.76. The molecule has 148 valence electrons. The lowest BCUT2D eigenvalue weighted by atomic mass is 9.98. The van der Waals surface area contributed by atoms with Crippen LogP contribution in [0.1, 0.15) is 15.9 Å². The number of halogens is 2. The second-order valence-corrected chi connectivity index (χ2v) is 7.46. The molecule has 29 heavy (non-hydrogen) atoms. The summed E-state index contributed by atoms with van der Waals surface area (Å²) in [5, 5.41) is 0.375. The third-order valence-corrected chi connectivity index (χ3v) is 5.43. The Morgan fingerprint density at radius 1 is 0.931 bits per heavy atom. The van der Waals surface area contributed by atoms with E-state index in [2.05, 4.69) is 9.88 Å². The summed E-state index contributed by atoms with van der Waals surface area (Å²) < 4.78 is 14.3. The molecule has 6 heteroatoms. The van der Waals surface area contributed by atoms with Gasteiger partial charge in [0.15, 0.2) is 0 Å². The van der Waals surface area contributed by atoms with Crippen molar-refractivity contribution >= 4 is 17.5 Å². The van der Waals surface area contributed by atoms with E-state index in [1.54, 1.807) is 18.2 Å². The van der Waals surface area contributed by atoms with Crippen molar-refractivity contribution in [2.24, 2.45) is 0 Å². The van der Waals surface area contributed by atoms with Crippen LogP contribution >= 0.6 is 11.6 Å². The van der Waals surface area contributed by atoms with Crippen molar-refractivity contribution in [3.05, 3.63) is 89.0 Å². The number of benzene rings is 2. The lowest BCUT2D eigenvalue weighted by Crippen LogP contribution is -2.48. The summed E-state index contributed by atoms with van der Waals surface area (Å²) in [6.45, 7) is 3.53. The highest BCUT2D eigenvalue weighted by molar-refractivity contribution is 6.29. The molecule has 1 aromatic heterocycles. The van der Waals surface area contributed by atoms with Gasteiger partial charge in [-0.1, -0.05) is 54.1 Å². The molecule has 1 amide bonds. The Morgan fingerprint density at radius 3 is 2.31 bits per heavy atom. The number of pyridine rings is 1. The van der Waals surface area contributed by atoms with E-state index in [0.717, 1.165) is 30.8 Å². The Labute approximate surface area is 174 Å². The number of piperazine rings is 1. The summed E-state index contributed by atoms with van der Waals surface area (Å²) in [4.78, 5) is 20.8. The topological polar surface area (TPSA) is 36.4 Å². The summed E-state index contributed by atoms with van der Waals surface area (Å²) in [5.74, 6) is -0.243. The molecule has 1 aliphatic heterocycles. The molecule has 0 saturated carbocycles. The van der Waals surface area contributed by atoms with Crippen LogP contribution in [0.3, 0.4) is 0 Å². The number of nitrogens with zero attached hydrogens (tertiary/aromatic N) is 3. The second-order valence-electron chi connectivity index (χ2n) is 7.07. The van der Waals surface area contributed by atoms with Crippen LogP contribution in [0.5, 0.6) is 0 Å². The van der Waals surface area contributed by atoms with Crippen LogP contribution in [0.2, 0.25) is 5.15 Å². The van der Waals surface area contributed by atoms with Gasteiger partial charge in [0.25, 0.3) is 5.91 Å². The van der Waals surface area contributed by atoms with E-state index in [9.17, 15) is 9.18 Å². The Morgan fingerprint density at radius 2 is 1.62 bits per heavy atom. The molecule has 4 rings (SSSR count). The predicted octanol–water partition coefficient (Wildman–Crippen LogP) is 4.50. The second kappa shape index (κ2) is 8.72. The molecule has 0 N–H and O–H groups in total. The van der Waals surface area contributed by atoms with E-state index in [1.165, 1.54) is 12.3 Å². The van der Waals surface area contributed by atoms with Gasteiger partial charge in [-0.25, -0.2) is 9.37 Å². The average Bonchev–Trinajstić information content (AvgIpc) is 2.75. The van der Waals surface area contributed by atoms with Gasteiger partial charge in [0.1, 0.15) is 11.0 Å². The summed E-state index contributed by atoms with van der Waals surface area (Å²) in [5.41, 5.74) is 3.16. The summed E-state index contributed by atoms with van der Waals surface area (Å²) in [6, 6.07) is 18.1. The van der Waals surface area contributed by atoms with E-state index in [0.29, 0.717) is 29.4 Å². The van der Waals surface area contributed by atoms with Gasteiger partial charge in [-0.15, -0.1) is 0 Å². The maximum atomic E-state index is 14.3. The zero-order valence-electron chi connectivity index (χ0n) is 15.9. The summed E-state index contributed by atoms with van der Waals surface area (Å²) >= 11 is 5.80. The minimum Gasteiger partial charge on any atom is -0.336 e. The van der Waals surface area contributed by atoms with Gasteiger partial charge in [0.05, 0.1) is 5.56 Å². The first-order valence-corrected chi connectivity index (χ1v) is 9.95. The molecule has 1 fully saturated rings. The van der Waals surface area contributed by atoms with E-state index >= 15 is 0 Å². The van der Waals surface area contributed by atoms with Gasteiger partial charge in [-0.3, -0.25) is 9.69 Å².